The van der Waals surface area contributed by atoms with Crippen LogP contribution in [0, 0.1) is 0 Å². The van der Waals surface area contributed by atoms with Gasteiger partial charge in [-0.05, 0) is 28.1 Å². The SMILES string of the molecule is COCCN=C(N)c1nc2ccccc2cc1Br. The Kier molecular flexibility index (Phi) is 4.28. The predicted octanol–water partition coefficient (Wildman–Crippen LogP) is 2.35. The summed E-state index contributed by atoms with van der Waals surface area (Å²) in [4.78, 5) is 8.74. The lowest BCUT2D eigenvalue weighted by Gasteiger charge is -2.05. The second-order valence-corrected chi connectivity index (χ2v) is 4.63. The standard InChI is InChI=1S/C13H14BrN3O/c1-18-7-6-16-13(15)12-10(14)8-9-4-2-3-5-11(9)17-12/h2-5,8H,6-7H2,1H3,(H2,15,16). The van der Waals surface area contributed by atoms with E-state index in [-0.39, 0.29) is 0 Å². The van der Waals surface area contributed by atoms with Crippen molar-refractivity contribution in [2.75, 3.05) is 20.3 Å². The van der Waals surface area contributed by atoms with E-state index in [0.717, 1.165) is 15.4 Å². The molecule has 2 N–H and O–H groups in total. The molecule has 5 heteroatoms. The largest absolute Gasteiger partial charge is 0.383 e. The predicted molar refractivity (Wildman–Crippen MR) is 76.9 cm³/mol. The van der Waals surface area contributed by atoms with E-state index in [0.29, 0.717) is 24.7 Å². The van der Waals surface area contributed by atoms with Crippen molar-refractivity contribution in [3.05, 3.63) is 40.5 Å². The fourth-order valence-electron chi connectivity index (χ4n) is 1.60. The maximum absolute atomic E-state index is 5.93. The number of nitrogens with two attached hydrogens (primary N) is 1. The molecule has 0 saturated carbocycles. The zero-order valence-electron chi connectivity index (χ0n) is 10.1. The van der Waals surface area contributed by atoms with E-state index in [1.807, 2.05) is 30.3 Å². The summed E-state index contributed by atoms with van der Waals surface area (Å²) in [5.41, 5.74) is 7.50. The third-order valence-electron chi connectivity index (χ3n) is 2.50. The number of nitrogens with zero attached hydrogens (tertiary/aromatic N) is 2. The van der Waals surface area contributed by atoms with Crippen molar-refractivity contribution in [2.24, 2.45) is 10.7 Å². The highest BCUT2D eigenvalue weighted by atomic mass is 79.9. The first kappa shape index (κ1) is 13.0. The average molecular weight is 308 g/mol. The Morgan fingerprint density at radius 3 is 3.00 bits per heavy atom. The van der Waals surface area contributed by atoms with Gasteiger partial charge in [-0.3, -0.25) is 4.99 Å². The first-order chi connectivity index (χ1) is 8.72. The van der Waals surface area contributed by atoms with Gasteiger partial charge in [0, 0.05) is 17.0 Å². The molecule has 18 heavy (non-hydrogen) atoms. The number of amidine groups is 1. The van der Waals surface area contributed by atoms with Gasteiger partial charge in [-0.25, -0.2) is 4.98 Å². The third-order valence-corrected chi connectivity index (χ3v) is 3.10. The number of benzene rings is 1. The molecule has 2 rings (SSSR count). The van der Waals surface area contributed by atoms with E-state index in [1.165, 1.54) is 0 Å². The minimum atomic E-state index is 0.421. The van der Waals surface area contributed by atoms with Crippen molar-refractivity contribution in [3.63, 3.8) is 0 Å². The highest BCUT2D eigenvalue weighted by Crippen LogP contribution is 2.21. The van der Waals surface area contributed by atoms with E-state index in [4.69, 9.17) is 10.5 Å². The van der Waals surface area contributed by atoms with Gasteiger partial charge in [-0.15, -0.1) is 0 Å². The molecule has 0 radical (unpaired) electrons. The summed E-state index contributed by atoms with van der Waals surface area (Å²) in [5, 5.41) is 1.07. The second kappa shape index (κ2) is 5.93. The molecule has 0 atom stereocenters. The molecule has 0 aliphatic carbocycles. The van der Waals surface area contributed by atoms with Crippen molar-refractivity contribution < 1.29 is 4.74 Å². The third kappa shape index (κ3) is 2.86. The van der Waals surface area contributed by atoms with E-state index in [2.05, 4.69) is 25.9 Å². The fourth-order valence-corrected chi connectivity index (χ4v) is 2.14. The molecule has 2 aromatic rings. The molecular weight excluding hydrogens is 294 g/mol. The van der Waals surface area contributed by atoms with Crippen LogP contribution < -0.4 is 5.73 Å². The van der Waals surface area contributed by atoms with Crippen molar-refractivity contribution in [2.45, 2.75) is 0 Å². The van der Waals surface area contributed by atoms with Gasteiger partial charge in [-0.1, -0.05) is 18.2 Å². The van der Waals surface area contributed by atoms with Crippen LogP contribution in [0.25, 0.3) is 10.9 Å². The summed E-state index contributed by atoms with van der Waals surface area (Å²) >= 11 is 3.47. The van der Waals surface area contributed by atoms with E-state index >= 15 is 0 Å². The van der Waals surface area contributed by atoms with Crippen molar-refractivity contribution in [3.8, 4) is 0 Å². The first-order valence-corrected chi connectivity index (χ1v) is 6.36. The van der Waals surface area contributed by atoms with Crippen molar-refractivity contribution >= 4 is 32.7 Å². The van der Waals surface area contributed by atoms with Gasteiger partial charge >= 0.3 is 0 Å². The quantitative estimate of drug-likeness (QED) is 0.536. The second-order valence-electron chi connectivity index (χ2n) is 3.77. The molecule has 1 aromatic heterocycles. The number of para-hydroxylation sites is 1. The van der Waals surface area contributed by atoms with Crippen LogP contribution in [-0.4, -0.2) is 31.1 Å². The normalized spacial score (nSPS) is 12.0. The van der Waals surface area contributed by atoms with Crippen LogP contribution >= 0.6 is 15.9 Å². The van der Waals surface area contributed by atoms with Crippen molar-refractivity contribution in [1.82, 2.24) is 4.98 Å². The number of halogens is 1. The summed E-state index contributed by atoms with van der Waals surface area (Å²) in [7, 11) is 1.63. The summed E-state index contributed by atoms with van der Waals surface area (Å²) in [6.07, 6.45) is 0. The number of methoxy groups -OCH3 is 1. The number of rotatable bonds is 4. The smallest absolute Gasteiger partial charge is 0.145 e. The lowest BCUT2D eigenvalue weighted by Crippen LogP contribution is -2.17. The number of aliphatic imine (C=N–C) groups is 1. The zero-order chi connectivity index (χ0) is 13.0. The number of fused-ring (bicyclic) bond motifs is 1. The number of pyridine rings is 1. The number of hydrogen-bond donors (Lipinski definition) is 1. The van der Waals surface area contributed by atoms with Gasteiger partial charge in [0.05, 0.1) is 18.7 Å². The Labute approximate surface area is 114 Å². The summed E-state index contributed by atoms with van der Waals surface area (Å²) in [6, 6.07) is 9.89. The Balaban J connectivity index is 2.38. The monoisotopic (exact) mass is 307 g/mol. The fraction of sp³-hybridized carbons (Fsp3) is 0.231. The molecule has 0 saturated heterocycles. The maximum atomic E-state index is 5.93. The summed E-state index contributed by atoms with van der Waals surface area (Å²) in [5.74, 6) is 0.421. The Morgan fingerprint density at radius 2 is 2.22 bits per heavy atom. The topological polar surface area (TPSA) is 60.5 Å². The molecule has 1 aromatic carbocycles. The van der Waals surface area contributed by atoms with Crippen molar-refractivity contribution in [1.29, 1.82) is 0 Å². The lowest BCUT2D eigenvalue weighted by atomic mass is 10.2. The highest BCUT2D eigenvalue weighted by Gasteiger charge is 2.08. The van der Waals surface area contributed by atoms with Crippen LogP contribution in [-0.2, 0) is 4.74 Å². The van der Waals surface area contributed by atoms with Crippen LogP contribution in [0.3, 0.4) is 0 Å². The van der Waals surface area contributed by atoms with E-state index < -0.39 is 0 Å². The molecule has 0 fully saturated rings. The summed E-state index contributed by atoms with van der Waals surface area (Å²) in [6.45, 7) is 1.08. The Hall–Kier alpha value is -1.46. The molecule has 0 aliphatic rings. The molecule has 0 unspecified atom stereocenters. The summed E-state index contributed by atoms with van der Waals surface area (Å²) < 4.78 is 5.78. The highest BCUT2D eigenvalue weighted by molar-refractivity contribution is 9.10. The van der Waals surface area contributed by atoms with Gasteiger partial charge in [0.2, 0.25) is 0 Å². The van der Waals surface area contributed by atoms with Gasteiger partial charge in [-0.2, -0.15) is 0 Å². The van der Waals surface area contributed by atoms with Crippen LogP contribution in [0.1, 0.15) is 5.69 Å². The minimum absolute atomic E-state index is 0.421. The molecule has 1 heterocycles. The van der Waals surface area contributed by atoms with Gasteiger partial charge < -0.3 is 10.5 Å². The zero-order valence-corrected chi connectivity index (χ0v) is 11.6. The number of hydrogen-bond acceptors (Lipinski definition) is 3. The molecule has 0 spiro atoms. The molecule has 0 bridgehead atoms. The van der Waals surface area contributed by atoms with Crippen LogP contribution in [0.4, 0.5) is 0 Å². The molecule has 94 valence electrons. The van der Waals surface area contributed by atoms with Crippen LogP contribution in [0.5, 0.6) is 0 Å². The Morgan fingerprint density at radius 1 is 1.44 bits per heavy atom. The minimum Gasteiger partial charge on any atom is -0.383 e. The first-order valence-electron chi connectivity index (χ1n) is 5.57. The Bertz CT molecular complexity index is 583. The molecule has 0 aliphatic heterocycles. The van der Waals surface area contributed by atoms with Crippen LogP contribution in [0.15, 0.2) is 39.8 Å². The molecular formula is C13H14BrN3O. The van der Waals surface area contributed by atoms with E-state index in [1.54, 1.807) is 7.11 Å². The van der Waals surface area contributed by atoms with Crippen LogP contribution in [0.2, 0.25) is 0 Å². The van der Waals surface area contributed by atoms with Gasteiger partial charge in [0.1, 0.15) is 11.5 Å². The molecule has 4 nitrogen and oxygen atoms in total. The lowest BCUT2D eigenvalue weighted by molar-refractivity contribution is 0.208. The van der Waals surface area contributed by atoms with E-state index in [9.17, 15) is 0 Å². The molecule has 0 amide bonds. The van der Waals surface area contributed by atoms with Gasteiger partial charge in [0.15, 0.2) is 0 Å². The number of ether oxygens (including phenoxy) is 1. The maximum Gasteiger partial charge on any atom is 0.145 e. The van der Waals surface area contributed by atoms with Gasteiger partial charge in [0.25, 0.3) is 0 Å². The average Bonchev–Trinajstić information content (AvgIpc) is 2.38. The number of aromatic nitrogens is 1.